The van der Waals surface area contributed by atoms with Crippen LogP contribution in [0.1, 0.15) is 40.0 Å². The summed E-state index contributed by atoms with van der Waals surface area (Å²) in [6.45, 7) is 4.03. The van der Waals surface area contributed by atoms with Gasteiger partial charge in [-0.05, 0) is 12.3 Å². The van der Waals surface area contributed by atoms with Gasteiger partial charge in [-0.1, -0.05) is 20.3 Å². The lowest BCUT2D eigenvalue weighted by Gasteiger charge is -2.23. The van der Waals surface area contributed by atoms with Crippen molar-refractivity contribution in [3.8, 4) is 0 Å². The van der Waals surface area contributed by atoms with E-state index < -0.39 is 48.2 Å². The van der Waals surface area contributed by atoms with E-state index in [4.69, 9.17) is 5.73 Å². The zero-order chi connectivity index (χ0) is 21.7. The molecule has 6 N–H and O–H groups in total. The van der Waals surface area contributed by atoms with E-state index in [0.717, 1.165) is 0 Å². The quantitative estimate of drug-likeness (QED) is 0.218. The lowest BCUT2D eigenvalue weighted by atomic mass is 9.98. The van der Waals surface area contributed by atoms with Crippen LogP contribution in [0.25, 0.3) is 0 Å². The summed E-state index contributed by atoms with van der Waals surface area (Å²) in [6.07, 6.45) is 1.37. The number of nitrogens with two attached hydrogens (primary N) is 1. The molecule has 0 aromatic heterocycles. The largest absolute Gasteiger partial charge is 0.368 e. The molecule has 0 aromatic carbocycles. The van der Waals surface area contributed by atoms with E-state index in [1.54, 1.807) is 6.92 Å². The van der Waals surface area contributed by atoms with Gasteiger partial charge in [-0.15, -0.1) is 0 Å². The first kappa shape index (κ1) is 25.0. The average molecular weight is 399 g/mol. The Morgan fingerprint density at radius 1 is 1.00 bits per heavy atom. The first-order valence-corrected chi connectivity index (χ1v) is 8.96. The second-order valence-electron chi connectivity index (χ2n) is 6.33. The third-order valence-electron chi connectivity index (χ3n) is 3.94. The van der Waals surface area contributed by atoms with E-state index in [1.807, 2.05) is 6.92 Å². The number of hydrogen-bond acceptors (Lipinski definition) is 6. The Balaban J connectivity index is 4.79. The summed E-state index contributed by atoms with van der Waals surface area (Å²) in [4.78, 5) is 68.9. The standard InChI is InChI=1S/C17H29N5O6/c1-4-10(2)15(17(28)19-8-13(18)25)22-14(26)9-20-16(27)12(6-5-7-23)21-11(3)24/h7,10,12,15H,4-6,8-9H2,1-3H3,(H2,18,25)(H,19,28)(H,20,27)(H,21,24)(H,22,26). The fourth-order valence-electron chi connectivity index (χ4n) is 2.25. The number of carbonyl (C=O) groups excluding carboxylic acids is 6. The van der Waals surface area contributed by atoms with Gasteiger partial charge >= 0.3 is 0 Å². The van der Waals surface area contributed by atoms with Crippen molar-refractivity contribution in [3.05, 3.63) is 0 Å². The Morgan fingerprint density at radius 2 is 1.61 bits per heavy atom. The molecule has 0 rings (SSSR count). The number of carbonyl (C=O) groups is 6. The van der Waals surface area contributed by atoms with Crippen LogP contribution >= 0.6 is 0 Å². The van der Waals surface area contributed by atoms with Crippen molar-refractivity contribution in [3.63, 3.8) is 0 Å². The minimum absolute atomic E-state index is 0.0701. The predicted molar refractivity (Wildman–Crippen MR) is 99.5 cm³/mol. The minimum atomic E-state index is -0.945. The first-order valence-electron chi connectivity index (χ1n) is 8.96. The molecule has 0 radical (unpaired) electrons. The van der Waals surface area contributed by atoms with E-state index in [9.17, 15) is 28.8 Å². The van der Waals surface area contributed by atoms with Crippen LogP contribution in [0.5, 0.6) is 0 Å². The zero-order valence-electron chi connectivity index (χ0n) is 16.4. The maximum atomic E-state index is 12.2. The highest BCUT2D eigenvalue weighted by Crippen LogP contribution is 2.07. The summed E-state index contributed by atoms with van der Waals surface area (Å²) in [5.41, 5.74) is 4.99. The zero-order valence-corrected chi connectivity index (χ0v) is 16.4. The summed E-state index contributed by atoms with van der Waals surface area (Å²) in [7, 11) is 0. The molecule has 11 heteroatoms. The van der Waals surface area contributed by atoms with E-state index in [1.165, 1.54) is 6.92 Å². The van der Waals surface area contributed by atoms with Crippen molar-refractivity contribution < 1.29 is 28.8 Å². The molecule has 0 saturated heterocycles. The Kier molecular flexibility index (Phi) is 11.8. The van der Waals surface area contributed by atoms with Crippen molar-refractivity contribution in [2.24, 2.45) is 11.7 Å². The Morgan fingerprint density at radius 3 is 2.11 bits per heavy atom. The number of aldehydes is 1. The van der Waals surface area contributed by atoms with Gasteiger partial charge in [-0.25, -0.2) is 0 Å². The van der Waals surface area contributed by atoms with Gasteiger partial charge in [0, 0.05) is 13.3 Å². The normalized spacial score (nSPS) is 13.4. The van der Waals surface area contributed by atoms with Gasteiger partial charge in [0.1, 0.15) is 18.4 Å². The van der Waals surface area contributed by atoms with Crippen LogP contribution in [0.4, 0.5) is 0 Å². The second kappa shape index (κ2) is 13.2. The van der Waals surface area contributed by atoms with Crippen LogP contribution in [0.3, 0.4) is 0 Å². The molecule has 0 aliphatic carbocycles. The lowest BCUT2D eigenvalue weighted by molar-refractivity contribution is -0.132. The third-order valence-corrected chi connectivity index (χ3v) is 3.94. The minimum Gasteiger partial charge on any atom is -0.368 e. The van der Waals surface area contributed by atoms with E-state index in [2.05, 4.69) is 21.3 Å². The highest BCUT2D eigenvalue weighted by Gasteiger charge is 2.26. The maximum absolute atomic E-state index is 12.2. The van der Waals surface area contributed by atoms with Crippen molar-refractivity contribution in [1.82, 2.24) is 21.3 Å². The van der Waals surface area contributed by atoms with Gasteiger partial charge in [0.05, 0.1) is 13.1 Å². The summed E-state index contributed by atoms with van der Waals surface area (Å²) >= 11 is 0. The molecular formula is C17H29N5O6. The topological polar surface area (TPSA) is 177 Å². The number of rotatable bonds is 13. The number of amides is 5. The molecule has 0 spiro atoms. The molecule has 11 nitrogen and oxygen atoms in total. The smallest absolute Gasteiger partial charge is 0.243 e. The Bertz CT molecular complexity index is 595. The van der Waals surface area contributed by atoms with Crippen LogP contribution in [0.15, 0.2) is 0 Å². The van der Waals surface area contributed by atoms with Crippen molar-refractivity contribution >= 4 is 35.8 Å². The molecule has 5 amide bonds. The van der Waals surface area contributed by atoms with Crippen molar-refractivity contribution in [1.29, 1.82) is 0 Å². The molecule has 3 unspecified atom stereocenters. The fourth-order valence-corrected chi connectivity index (χ4v) is 2.25. The summed E-state index contributed by atoms with van der Waals surface area (Å²) in [5.74, 6) is -3.19. The molecule has 158 valence electrons. The van der Waals surface area contributed by atoms with Crippen molar-refractivity contribution in [2.75, 3.05) is 13.1 Å². The SMILES string of the molecule is CCC(C)C(NC(=O)CNC(=O)C(CCC=O)NC(C)=O)C(=O)NCC(N)=O. The summed E-state index contributed by atoms with van der Waals surface area (Å²) in [6, 6.07) is -1.85. The molecule has 0 saturated carbocycles. The fraction of sp³-hybridized carbons (Fsp3) is 0.647. The number of primary amides is 1. The van der Waals surface area contributed by atoms with Gasteiger partial charge in [0.15, 0.2) is 0 Å². The molecule has 3 atom stereocenters. The number of nitrogens with one attached hydrogen (secondary N) is 4. The number of hydrogen-bond donors (Lipinski definition) is 5. The highest BCUT2D eigenvalue weighted by molar-refractivity contribution is 5.93. The van der Waals surface area contributed by atoms with Crippen LogP contribution in [0.2, 0.25) is 0 Å². The lowest BCUT2D eigenvalue weighted by Crippen LogP contribution is -2.54. The van der Waals surface area contributed by atoms with E-state index in [0.29, 0.717) is 12.7 Å². The predicted octanol–water partition coefficient (Wildman–Crippen LogP) is -2.28. The van der Waals surface area contributed by atoms with E-state index >= 15 is 0 Å². The molecule has 0 fully saturated rings. The third kappa shape index (κ3) is 10.2. The van der Waals surface area contributed by atoms with Gasteiger partial charge in [-0.3, -0.25) is 24.0 Å². The van der Waals surface area contributed by atoms with Crippen LogP contribution in [-0.2, 0) is 28.8 Å². The van der Waals surface area contributed by atoms with Gasteiger partial charge < -0.3 is 31.8 Å². The molecule has 0 aliphatic rings. The van der Waals surface area contributed by atoms with Crippen LogP contribution in [-0.4, -0.2) is 61.0 Å². The van der Waals surface area contributed by atoms with Gasteiger partial charge in [-0.2, -0.15) is 0 Å². The van der Waals surface area contributed by atoms with Crippen LogP contribution < -0.4 is 27.0 Å². The molecule has 0 heterocycles. The highest BCUT2D eigenvalue weighted by atomic mass is 16.2. The summed E-state index contributed by atoms with van der Waals surface area (Å²) < 4.78 is 0. The Labute approximate surface area is 163 Å². The molecular weight excluding hydrogens is 370 g/mol. The molecule has 28 heavy (non-hydrogen) atoms. The maximum Gasteiger partial charge on any atom is 0.243 e. The first-order chi connectivity index (χ1) is 13.1. The molecule has 0 bridgehead atoms. The molecule has 0 aliphatic heterocycles. The van der Waals surface area contributed by atoms with Gasteiger partial charge in [0.2, 0.25) is 29.5 Å². The monoisotopic (exact) mass is 399 g/mol. The summed E-state index contributed by atoms with van der Waals surface area (Å²) in [5, 5.41) is 9.61. The van der Waals surface area contributed by atoms with E-state index in [-0.39, 0.29) is 25.3 Å². The molecule has 0 aromatic rings. The van der Waals surface area contributed by atoms with Gasteiger partial charge in [0.25, 0.3) is 0 Å². The van der Waals surface area contributed by atoms with Crippen LogP contribution in [0, 0.1) is 5.92 Å². The average Bonchev–Trinajstić information content (AvgIpc) is 2.64. The second-order valence-corrected chi connectivity index (χ2v) is 6.33. The van der Waals surface area contributed by atoms with Crippen molar-refractivity contribution in [2.45, 2.75) is 52.1 Å². The Hall–Kier alpha value is -2.98.